The molecule has 1 aliphatic rings. The second-order valence-corrected chi connectivity index (χ2v) is 5.43. The number of fused-ring (bicyclic) bond motifs is 1. The number of benzene rings is 1. The van der Waals surface area contributed by atoms with E-state index in [1.54, 1.807) is 0 Å². The summed E-state index contributed by atoms with van der Waals surface area (Å²) < 4.78 is 0. The third kappa shape index (κ3) is 2.68. The molecule has 2 N–H and O–H groups in total. The Bertz CT molecular complexity index is 624. The Labute approximate surface area is 119 Å². The molecule has 0 bridgehead atoms. The van der Waals surface area contributed by atoms with Crippen molar-refractivity contribution in [2.24, 2.45) is 5.92 Å². The molecule has 0 fully saturated rings. The van der Waals surface area contributed by atoms with E-state index in [0.717, 1.165) is 24.9 Å². The maximum absolute atomic E-state index is 4.11. The van der Waals surface area contributed by atoms with E-state index in [9.17, 15) is 0 Å². The highest BCUT2D eigenvalue weighted by atomic mass is 15.1. The van der Waals surface area contributed by atoms with Crippen LogP contribution in [0.4, 0.5) is 0 Å². The fourth-order valence-electron chi connectivity index (χ4n) is 3.01. The zero-order valence-electron chi connectivity index (χ0n) is 11.8. The average molecular weight is 267 g/mol. The van der Waals surface area contributed by atoms with Gasteiger partial charge in [-0.05, 0) is 49.9 Å². The summed E-state index contributed by atoms with van der Waals surface area (Å²) in [6.45, 7) is 1.04. The van der Waals surface area contributed by atoms with Crippen molar-refractivity contribution in [3.8, 4) is 0 Å². The van der Waals surface area contributed by atoms with Crippen LogP contribution in [0.25, 0.3) is 10.9 Å². The van der Waals surface area contributed by atoms with Gasteiger partial charge in [-0.1, -0.05) is 36.4 Å². The first-order valence-corrected chi connectivity index (χ1v) is 7.29. The first-order chi connectivity index (χ1) is 9.88. The molecule has 3 nitrogen and oxygen atoms in total. The summed E-state index contributed by atoms with van der Waals surface area (Å²) >= 11 is 0. The maximum atomic E-state index is 4.11. The molecule has 0 aliphatic heterocycles. The van der Waals surface area contributed by atoms with Crippen LogP contribution in [-0.2, 0) is 0 Å². The lowest BCUT2D eigenvalue weighted by atomic mass is 9.80. The molecule has 1 aliphatic carbocycles. The smallest absolute Gasteiger partial charge is 0.0653 e. The molecule has 3 rings (SSSR count). The van der Waals surface area contributed by atoms with Crippen LogP contribution in [0.5, 0.6) is 0 Å². The number of nitrogens with zero attached hydrogens (tertiary/aromatic N) is 1. The van der Waals surface area contributed by atoms with Crippen LogP contribution in [0.2, 0.25) is 0 Å². The van der Waals surface area contributed by atoms with Crippen LogP contribution in [0, 0.1) is 5.92 Å². The van der Waals surface area contributed by atoms with E-state index in [-0.39, 0.29) is 0 Å². The van der Waals surface area contributed by atoms with Crippen molar-refractivity contribution in [3.63, 3.8) is 0 Å². The topological polar surface area (TPSA) is 40.7 Å². The van der Waals surface area contributed by atoms with Crippen LogP contribution < -0.4 is 5.32 Å². The van der Waals surface area contributed by atoms with Crippen molar-refractivity contribution in [2.45, 2.75) is 18.8 Å². The Hall–Kier alpha value is -1.87. The molecule has 0 amide bonds. The highest BCUT2D eigenvalue weighted by Crippen LogP contribution is 2.34. The van der Waals surface area contributed by atoms with E-state index in [1.807, 2.05) is 13.2 Å². The van der Waals surface area contributed by atoms with Crippen LogP contribution in [-0.4, -0.2) is 23.8 Å². The van der Waals surface area contributed by atoms with E-state index < -0.39 is 0 Å². The largest absolute Gasteiger partial charge is 0.320 e. The summed E-state index contributed by atoms with van der Waals surface area (Å²) in [4.78, 5) is 0. The zero-order valence-corrected chi connectivity index (χ0v) is 11.8. The Kier molecular flexibility index (Phi) is 3.97. The Morgan fingerprint density at radius 2 is 2.35 bits per heavy atom. The quantitative estimate of drug-likeness (QED) is 0.872. The monoisotopic (exact) mass is 267 g/mol. The van der Waals surface area contributed by atoms with Gasteiger partial charge in [-0.25, -0.2) is 0 Å². The number of nitrogens with one attached hydrogen (secondary N) is 2. The number of aromatic amines is 1. The zero-order chi connectivity index (χ0) is 13.8. The van der Waals surface area contributed by atoms with Crippen molar-refractivity contribution in [3.05, 3.63) is 54.3 Å². The minimum Gasteiger partial charge on any atom is -0.320 e. The summed E-state index contributed by atoms with van der Waals surface area (Å²) in [5.41, 5.74) is 2.54. The van der Waals surface area contributed by atoms with Gasteiger partial charge >= 0.3 is 0 Å². The van der Waals surface area contributed by atoms with Gasteiger partial charge in [-0.3, -0.25) is 5.10 Å². The molecule has 0 radical (unpaired) electrons. The van der Waals surface area contributed by atoms with Crippen molar-refractivity contribution < 1.29 is 0 Å². The second-order valence-electron chi connectivity index (χ2n) is 5.43. The fraction of sp³-hybridized carbons (Fsp3) is 0.353. The van der Waals surface area contributed by atoms with Gasteiger partial charge in [0.2, 0.25) is 0 Å². The highest BCUT2D eigenvalue weighted by molar-refractivity contribution is 5.78. The Balaban J connectivity index is 1.90. The number of aromatic nitrogens is 2. The van der Waals surface area contributed by atoms with Gasteiger partial charge in [-0.15, -0.1) is 0 Å². The van der Waals surface area contributed by atoms with Crippen LogP contribution >= 0.6 is 0 Å². The minimum absolute atomic E-state index is 0.552. The van der Waals surface area contributed by atoms with Gasteiger partial charge in [0.25, 0.3) is 0 Å². The average Bonchev–Trinajstić information content (AvgIpc) is 2.96. The molecule has 1 unspecified atom stereocenters. The summed E-state index contributed by atoms with van der Waals surface area (Å²) in [5, 5.41) is 11.6. The molecule has 3 heteroatoms. The summed E-state index contributed by atoms with van der Waals surface area (Å²) in [5.74, 6) is 1.14. The van der Waals surface area contributed by atoms with Gasteiger partial charge in [0, 0.05) is 5.39 Å². The molecule has 1 aromatic heterocycles. The van der Waals surface area contributed by atoms with Crippen LogP contribution in [0.3, 0.4) is 0 Å². The van der Waals surface area contributed by atoms with Gasteiger partial charge in [0.15, 0.2) is 0 Å². The lowest BCUT2D eigenvalue weighted by Crippen LogP contribution is -2.18. The number of H-pyrrole nitrogens is 1. The van der Waals surface area contributed by atoms with E-state index in [4.69, 9.17) is 0 Å². The normalized spacial score (nSPS) is 19.6. The van der Waals surface area contributed by atoms with Crippen molar-refractivity contribution in [1.82, 2.24) is 15.5 Å². The molecule has 104 valence electrons. The molecule has 0 spiro atoms. The van der Waals surface area contributed by atoms with Crippen molar-refractivity contribution in [2.75, 3.05) is 13.6 Å². The summed E-state index contributed by atoms with van der Waals surface area (Å²) in [6.07, 6.45) is 13.1. The summed E-state index contributed by atoms with van der Waals surface area (Å²) in [7, 11) is 2.02. The molecular formula is C17H21N3. The standard InChI is InChI=1S/C17H21N3/c1-18-10-9-16(13-5-3-2-4-6-13)14-7-8-15-12-19-20-17(15)11-14/h2-5,7-8,11-13,16,18H,6,9-10H2,1H3,(H,19,20)/t13?,16-/m1/s1. The van der Waals surface area contributed by atoms with Gasteiger partial charge in [0.05, 0.1) is 11.7 Å². The highest BCUT2D eigenvalue weighted by Gasteiger charge is 2.21. The van der Waals surface area contributed by atoms with Crippen molar-refractivity contribution >= 4 is 10.9 Å². The van der Waals surface area contributed by atoms with Crippen molar-refractivity contribution in [1.29, 1.82) is 0 Å². The van der Waals surface area contributed by atoms with E-state index in [1.165, 1.54) is 10.9 Å². The predicted molar refractivity (Wildman–Crippen MR) is 83.8 cm³/mol. The lowest BCUT2D eigenvalue weighted by Gasteiger charge is -2.26. The predicted octanol–water partition coefficient (Wildman–Crippen LogP) is 3.39. The lowest BCUT2D eigenvalue weighted by molar-refractivity contribution is 0.469. The first kappa shape index (κ1) is 13.1. The molecule has 0 saturated carbocycles. The van der Waals surface area contributed by atoms with E-state index in [2.05, 4.69) is 58.0 Å². The third-order valence-corrected chi connectivity index (χ3v) is 4.13. The third-order valence-electron chi connectivity index (χ3n) is 4.13. The van der Waals surface area contributed by atoms with Crippen LogP contribution in [0.15, 0.2) is 48.7 Å². The molecular weight excluding hydrogens is 246 g/mol. The van der Waals surface area contributed by atoms with Crippen LogP contribution in [0.1, 0.15) is 24.3 Å². The number of allylic oxidation sites excluding steroid dienone is 4. The van der Waals surface area contributed by atoms with Gasteiger partial charge in [-0.2, -0.15) is 5.10 Å². The molecule has 2 atom stereocenters. The van der Waals surface area contributed by atoms with E-state index in [0.29, 0.717) is 11.8 Å². The van der Waals surface area contributed by atoms with E-state index >= 15 is 0 Å². The number of rotatable bonds is 5. The fourth-order valence-corrected chi connectivity index (χ4v) is 3.01. The second kappa shape index (κ2) is 6.06. The summed E-state index contributed by atoms with van der Waals surface area (Å²) in [6, 6.07) is 6.68. The molecule has 1 aromatic carbocycles. The molecule has 1 heterocycles. The SMILES string of the molecule is CNCC[C@@H](c1ccc2cn[nH]c2c1)C1C=CC=CC1. The Morgan fingerprint density at radius 3 is 3.15 bits per heavy atom. The molecule has 20 heavy (non-hydrogen) atoms. The van der Waals surface area contributed by atoms with Gasteiger partial charge < -0.3 is 5.32 Å². The number of hydrogen-bond donors (Lipinski definition) is 2. The maximum Gasteiger partial charge on any atom is 0.0653 e. The molecule has 2 aromatic rings. The Morgan fingerprint density at radius 1 is 1.40 bits per heavy atom. The number of hydrogen-bond acceptors (Lipinski definition) is 2. The first-order valence-electron chi connectivity index (χ1n) is 7.29. The molecule has 0 saturated heterocycles. The van der Waals surface area contributed by atoms with Gasteiger partial charge in [0.1, 0.15) is 0 Å². The minimum atomic E-state index is 0.552.